The van der Waals surface area contributed by atoms with Gasteiger partial charge < -0.3 is 18.9 Å². The highest BCUT2D eigenvalue weighted by molar-refractivity contribution is 5.89. The van der Waals surface area contributed by atoms with Crippen LogP contribution in [0, 0.1) is 56.2 Å². The Balaban J connectivity index is 1.92. The third-order valence-corrected chi connectivity index (χ3v) is 7.99. The number of rotatable bonds is 3. The first-order valence-electron chi connectivity index (χ1n) is 12.4. The molecule has 35 heavy (non-hydrogen) atoms. The summed E-state index contributed by atoms with van der Waals surface area (Å²) in [6.07, 6.45) is 8.11. The maximum absolute atomic E-state index is 10.6. The third-order valence-electron chi connectivity index (χ3n) is 7.99. The number of nitriles is 3. The fraction of sp³-hybridized carbons (Fsp3) is 0.630. The van der Waals surface area contributed by atoms with Crippen LogP contribution < -0.4 is 9.47 Å². The van der Waals surface area contributed by atoms with Gasteiger partial charge in [0, 0.05) is 12.5 Å². The largest absolute Gasteiger partial charge is 0.497 e. The maximum atomic E-state index is 10.6. The number of ether oxygens (including phenoxy) is 4. The zero-order valence-corrected chi connectivity index (χ0v) is 20.4. The zero-order chi connectivity index (χ0) is 25.1. The highest BCUT2D eigenvalue weighted by Gasteiger charge is 2.79. The van der Waals surface area contributed by atoms with Gasteiger partial charge in [0.25, 0.3) is 0 Å². The first kappa shape index (κ1) is 24.8. The molecule has 3 fully saturated rings. The topological polar surface area (TPSA) is 132 Å². The summed E-state index contributed by atoms with van der Waals surface area (Å²) in [5.74, 6) is -1.22. The highest BCUT2D eigenvalue weighted by atomic mass is 16.7. The van der Waals surface area contributed by atoms with Crippen molar-refractivity contribution in [3.05, 3.63) is 23.8 Å². The van der Waals surface area contributed by atoms with E-state index in [1.807, 2.05) is 0 Å². The van der Waals surface area contributed by atoms with Gasteiger partial charge >= 0.3 is 0 Å². The minimum Gasteiger partial charge on any atom is -0.497 e. The smallest absolute Gasteiger partial charge is 0.217 e. The average Bonchev–Trinajstić information content (AvgIpc) is 3.06. The SMILES string of the molecule is COc1cc(OC)cc(C2OC34CCCCCCCCCCC3C(C#N)(C(=N)O4)C2(C#N)C#N)c1. The molecule has 2 heterocycles. The van der Waals surface area contributed by atoms with Crippen LogP contribution >= 0.6 is 0 Å². The number of hydrogen-bond acceptors (Lipinski definition) is 8. The predicted molar refractivity (Wildman–Crippen MR) is 126 cm³/mol. The molecular formula is C27H32N4O4. The molecule has 0 spiro atoms. The van der Waals surface area contributed by atoms with Gasteiger partial charge in [-0.15, -0.1) is 0 Å². The van der Waals surface area contributed by atoms with Gasteiger partial charge in [-0.1, -0.05) is 44.9 Å². The van der Waals surface area contributed by atoms with Crippen LogP contribution in [-0.4, -0.2) is 25.9 Å². The van der Waals surface area contributed by atoms with Crippen LogP contribution in [0.5, 0.6) is 11.5 Å². The molecule has 4 rings (SSSR count). The molecule has 8 nitrogen and oxygen atoms in total. The van der Waals surface area contributed by atoms with Crippen molar-refractivity contribution in [2.75, 3.05) is 14.2 Å². The van der Waals surface area contributed by atoms with Gasteiger partial charge in [-0.25, -0.2) is 0 Å². The lowest BCUT2D eigenvalue weighted by molar-refractivity contribution is -0.287. The Kier molecular flexibility index (Phi) is 6.93. The summed E-state index contributed by atoms with van der Waals surface area (Å²) in [5, 5.41) is 40.6. The molecular weight excluding hydrogens is 444 g/mol. The van der Waals surface area contributed by atoms with Crippen LogP contribution in [0.25, 0.3) is 0 Å². The summed E-state index contributed by atoms with van der Waals surface area (Å²) in [6.45, 7) is 0. The van der Waals surface area contributed by atoms with Crippen molar-refractivity contribution in [3.63, 3.8) is 0 Å². The third kappa shape index (κ3) is 3.70. The first-order valence-corrected chi connectivity index (χ1v) is 12.4. The van der Waals surface area contributed by atoms with E-state index in [-0.39, 0.29) is 5.90 Å². The number of methoxy groups -OCH3 is 2. The van der Waals surface area contributed by atoms with Gasteiger partial charge in [-0.3, -0.25) is 5.41 Å². The molecule has 184 valence electrons. The summed E-state index contributed by atoms with van der Waals surface area (Å²) < 4.78 is 23.7. The van der Waals surface area contributed by atoms with Gasteiger partial charge in [0.2, 0.25) is 17.1 Å². The fourth-order valence-corrected chi connectivity index (χ4v) is 6.20. The summed E-state index contributed by atoms with van der Waals surface area (Å²) in [6, 6.07) is 11.6. The van der Waals surface area contributed by atoms with E-state index in [2.05, 4.69) is 18.2 Å². The molecule has 4 atom stereocenters. The minimum atomic E-state index is -1.99. The van der Waals surface area contributed by atoms with Crippen molar-refractivity contribution in [2.45, 2.75) is 76.1 Å². The summed E-state index contributed by atoms with van der Waals surface area (Å²) >= 11 is 0. The number of nitrogens with one attached hydrogen (secondary N) is 1. The average molecular weight is 477 g/mol. The monoisotopic (exact) mass is 476 g/mol. The first-order chi connectivity index (χ1) is 17.0. The molecule has 1 aliphatic carbocycles. The lowest BCUT2D eigenvalue weighted by Crippen LogP contribution is -2.59. The summed E-state index contributed by atoms with van der Waals surface area (Å²) in [4.78, 5) is 0. The second kappa shape index (κ2) is 9.76. The van der Waals surface area contributed by atoms with Crippen LogP contribution in [0.2, 0.25) is 0 Å². The van der Waals surface area contributed by atoms with Crippen molar-refractivity contribution >= 4 is 5.90 Å². The van der Waals surface area contributed by atoms with Crippen LogP contribution in [0.4, 0.5) is 0 Å². The molecule has 1 aromatic carbocycles. The van der Waals surface area contributed by atoms with Crippen molar-refractivity contribution in [1.29, 1.82) is 21.2 Å². The van der Waals surface area contributed by atoms with Gasteiger partial charge in [0.15, 0.2) is 5.41 Å². The highest BCUT2D eigenvalue weighted by Crippen LogP contribution is 2.68. The number of benzene rings is 1. The van der Waals surface area contributed by atoms with E-state index < -0.39 is 28.6 Å². The van der Waals surface area contributed by atoms with E-state index in [0.717, 1.165) is 38.5 Å². The van der Waals surface area contributed by atoms with E-state index >= 15 is 0 Å². The Labute approximate surface area is 206 Å². The van der Waals surface area contributed by atoms with E-state index in [0.29, 0.717) is 29.9 Å². The van der Waals surface area contributed by atoms with E-state index in [1.54, 1.807) is 18.2 Å². The predicted octanol–water partition coefficient (Wildman–Crippen LogP) is 5.55. The molecule has 2 bridgehead atoms. The molecule has 1 aromatic rings. The van der Waals surface area contributed by atoms with E-state index in [4.69, 9.17) is 24.4 Å². The van der Waals surface area contributed by atoms with Gasteiger partial charge in [0.05, 0.1) is 38.3 Å². The molecule has 4 unspecified atom stereocenters. The fourth-order valence-electron chi connectivity index (χ4n) is 6.20. The lowest BCUT2D eigenvalue weighted by Gasteiger charge is -2.50. The van der Waals surface area contributed by atoms with Crippen LogP contribution in [0.15, 0.2) is 18.2 Å². The van der Waals surface area contributed by atoms with Gasteiger partial charge in [0.1, 0.15) is 17.6 Å². The van der Waals surface area contributed by atoms with Crippen LogP contribution in [0.1, 0.15) is 75.9 Å². The Hall–Kier alpha value is -3.28. The molecule has 1 saturated carbocycles. The van der Waals surface area contributed by atoms with Crippen LogP contribution in [0.3, 0.4) is 0 Å². The molecule has 2 saturated heterocycles. The molecule has 1 N–H and O–H groups in total. The molecule has 8 heteroatoms. The van der Waals surface area contributed by atoms with E-state index in [9.17, 15) is 15.8 Å². The van der Waals surface area contributed by atoms with Crippen molar-refractivity contribution < 1.29 is 18.9 Å². The lowest BCUT2D eigenvalue weighted by atomic mass is 9.52. The van der Waals surface area contributed by atoms with E-state index in [1.165, 1.54) is 27.1 Å². The number of hydrogen-bond donors (Lipinski definition) is 1. The zero-order valence-electron chi connectivity index (χ0n) is 20.4. The van der Waals surface area contributed by atoms with Crippen LogP contribution in [-0.2, 0) is 9.47 Å². The molecule has 0 amide bonds. The Morgan fingerprint density at radius 2 is 1.43 bits per heavy atom. The van der Waals surface area contributed by atoms with Crippen molar-refractivity contribution in [2.24, 2.45) is 16.7 Å². The maximum Gasteiger partial charge on any atom is 0.217 e. The molecule has 3 aliphatic rings. The normalized spacial score (nSPS) is 32.3. The summed E-state index contributed by atoms with van der Waals surface area (Å²) in [7, 11) is 3.03. The quantitative estimate of drug-likeness (QED) is 0.604. The number of nitrogens with zero attached hydrogens (tertiary/aromatic N) is 3. The molecule has 2 aliphatic heterocycles. The Morgan fingerprint density at radius 1 is 0.857 bits per heavy atom. The minimum absolute atomic E-state index is 0.333. The standard InChI is InChI=1S/C27H32N4O4/c1-32-20-13-19(14-21(15-20)33-2)23-25(16-28,17-29)26(18-30)22-11-9-7-5-3-4-6-8-10-12-27(22,34-23)35-24(26)31/h13-15,22-23,31H,3-12H2,1-2H3. The molecule has 0 radical (unpaired) electrons. The van der Waals surface area contributed by atoms with Gasteiger partial charge in [-0.05, 0) is 30.5 Å². The van der Waals surface area contributed by atoms with Crippen molar-refractivity contribution in [3.8, 4) is 29.7 Å². The molecule has 0 aromatic heterocycles. The second-order valence-corrected chi connectivity index (χ2v) is 9.76. The van der Waals surface area contributed by atoms with Gasteiger partial charge in [-0.2, -0.15) is 15.8 Å². The summed E-state index contributed by atoms with van der Waals surface area (Å²) in [5.41, 5.74) is -3.26. The van der Waals surface area contributed by atoms with Crippen molar-refractivity contribution in [1.82, 2.24) is 0 Å². The Bertz CT molecular complexity index is 1060. The Morgan fingerprint density at radius 3 is 1.97 bits per heavy atom. The second-order valence-electron chi connectivity index (χ2n) is 9.76.